The van der Waals surface area contributed by atoms with Gasteiger partial charge >= 0.3 is 5.97 Å². The maximum atomic E-state index is 11.0. The Balaban J connectivity index is 2.11. The first-order chi connectivity index (χ1) is 8.16. The molecule has 17 heavy (non-hydrogen) atoms. The van der Waals surface area contributed by atoms with E-state index in [4.69, 9.17) is 5.11 Å². The molecule has 0 aliphatic carbocycles. The number of carboxylic acids is 1. The van der Waals surface area contributed by atoms with Crippen LogP contribution in [-0.2, 0) is 6.54 Å². The van der Waals surface area contributed by atoms with Gasteiger partial charge in [-0.25, -0.2) is 4.79 Å². The standard InChI is InChI=1S/C12H12N2O2S/c1-8-2-3-9(17-8)6-14-11-4-5-13-7-10(11)12(15)16/h2-5,7H,6H2,1H3,(H,13,14)(H,15,16). The zero-order valence-electron chi connectivity index (χ0n) is 9.30. The first-order valence-corrected chi connectivity index (χ1v) is 5.95. The van der Waals surface area contributed by atoms with E-state index in [9.17, 15) is 4.79 Å². The molecule has 5 heteroatoms. The Morgan fingerprint density at radius 2 is 2.29 bits per heavy atom. The fourth-order valence-corrected chi connectivity index (χ4v) is 2.31. The highest BCUT2D eigenvalue weighted by Crippen LogP contribution is 2.19. The highest BCUT2D eigenvalue weighted by Gasteiger charge is 2.09. The van der Waals surface area contributed by atoms with Crippen LogP contribution in [-0.4, -0.2) is 16.1 Å². The molecular formula is C12H12N2O2S. The molecule has 88 valence electrons. The summed E-state index contributed by atoms with van der Waals surface area (Å²) in [5, 5.41) is 12.1. The number of thiophene rings is 1. The van der Waals surface area contributed by atoms with Gasteiger partial charge in [-0.05, 0) is 25.1 Å². The number of aromatic nitrogens is 1. The van der Waals surface area contributed by atoms with Crippen molar-refractivity contribution in [2.75, 3.05) is 5.32 Å². The smallest absolute Gasteiger partial charge is 0.339 e. The van der Waals surface area contributed by atoms with E-state index in [0.717, 1.165) is 0 Å². The van der Waals surface area contributed by atoms with E-state index in [2.05, 4.69) is 10.3 Å². The third-order valence-corrected chi connectivity index (χ3v) is 3.30. The van der Waals surface area contributed by atoms with Gasteiger partial charge in [-0.2, -0.15) is 0 Å². The van der Waals surface area contributed by atoms with Gasteiger partial charge in [-0.1, -0.05) is 0 Å². The van der Waals surface area contributed by atoms with Crippen molar-refractivity contribution in [1.82, 2.24) is 4.98 Å². The van der Waals surface area contributed by atoms with Crippen LogP contribution in [0.1, 0.15) is 20.1 Å². The molecular weight excluding hydrogens is 236 g/mol. The average molecular weight is 248 g/mol. The van der Waals surface area contributed by atoms with E-state index >= 15 is 0 Å². The lowest BCUT2D eigenvalue weighted by atomic mass is 10.2. The molecule has 0 aliphatic heterocycles. The van der Waals surface area contributed by atoms with Crippen molar-refractivity contribution in [2.45, 2.75) is 13.5 Å². The van der Waals surface area contributed by atoms with E-state index in [1.54, 1.807) is 23.6 Å². The zero-order chi connectivity index (χ0) is 12.3. The van der Waals surface area contributed by atoms with Gasteiger partial charge in [-0.15, -0.1) is 11.3 Å². The Hall–Kier alpha value is -1.88. The number of nitrogens with zero attached hydrogens (tertiary/aromatic N) is 1. The SMILES string of the molecule is Cc1ccc(CNc2ccncc2C(=O)O)s1. The average Bonchev–Trinajstić information content (AvgIpc) is 2.73. The van der Waals surface area contributed by atoms with Gasteiger partial charge in [0, 0.05) is 28.7 Å². The monoisotopic (exact) mass is 248 g/mol. The number of aryl methyl sites for hydroxylation is 1. The van der Waals surface area contributed by atoms with Crippen LogP contribution in [0.15, 0.2) is 30.6 Å². The van der Waals surface area contributed by atoms with Gasteiger partial charge in [0.25, 0.3) is 0 Å². The Bertz CT molecular complexity index is 537. The first-order valence-electron chi connectivity index (χ1n) is 5.13. The van der Waals surface area contributed by atoms with E-state index in [1.165, 1.54) is 16.0 Å². The fraction of sp³-hybridized carbons (Fsp3) is 0.167. The fourth-order valence-electron chi connectivity index (χ4n) is 1.48. The van der Waals surface area contributed by atoms with Gasteiger partial charge < -0.3 is 10.4 Å². The molecule has 0 bridgehead atoms. The van der Waals surface area contributed by atoms with Gasteiger partial charge in [0.1, 0.15) is 5.56 Å². The predicted molar refractivity (Wildman–Crippen MR) is 67.6 cm³/mol. The Labute approximate surface area is 103 Å². The molecule has 4 nitrogen and oxygen atoms in total. The van der Waals surface area contributed by atoms with Crippen LogP contribution in [0.2, 0.25) is 0 Å². The second-order valence-electron chi connectivity index (χ2n) is 3.59. The lowest BCUT2D eigenvalue weighted by Crippen LogP contribution is -2.06. The summed E-state index contributed by atoms with van der Waals surface area (Å²) in [6.45, 7) is 2.67. The molecule has 0 saturated heterocycles. The molecule has 0 radical (unpaired) electrons. The molecule has 0 atom stereocenters. The molecule has 0 amide bonds. The van der Waals surface area contributed by atoms with Crippen molar-refractivity contribution in [3.8, 4) is 0 Å². The zero-order valence-corrected chi connectivity index (χ0v) is 10.1. The summed E-state index contributed by atoms with van der Waals surface area (Å²) >= 11 is 1.70. The third-order valence-electron chi connectivity index (χ3n) is 2.30. The van der Waals surface area contributed by atoms with Crippen molar-refractivity contribution in [2.24, 2.45) is 0 Å². The van der Waals surface area contributed by atoms with Crippen LogP contribution in [0.4, 0.5) is 5.69 Å². The predicted octanol–water partition coefficient (Wildman–Crippen LogP) is 2.76. The van der Waals surface area contributed by atoms with Crippen LogP contribution in [0.25, 0.3) is 0 Å². The molecule has 2 heterocycles. The van der Waals surface area contributed by atoms with Crippen LogP contribution >= 0.6 is 11.3 Å². The second kappa shape index (κ2) is 4.97. The van der Waals surface area contributed by atoms with Crippen LogP contribution in [0.5, 0.6) is 0 Å². The largest absolute Gasteiger partial charge is 0.478 e. The highest BCUT2D eigenvalue weighted by molar-refractivity contribution is 7.11. The van der Waals surface area contributed by atoms with Crippen molar-refractivity contribution in [1.29, 1.82) is 0 Å². The van der Waals surface area contributed by atoms with E-state index in [0.29, 0.717) is 12.2 Å². The van der Waals surface area contributed by atoms with E-state index in [-0.39, 0.29) is 5.56 Å². The number of pyridine rings is 1. The molecule has 2 aromatic heterocycles. The molecule has 0 aliphatic rings. The maximum Gasteiger partial charge on any atom is 0.339 e. The molecule has 0 fully saturated rings. The summed E-state index contributed by atoms with van der Waals surface area (Å²) in [4.78, 5) is 17.2. The van der Waals surface area contributed by atoms with Gasteiger partial charge in [0.05, 0.1) is 5.69 Å². The summed E-state index contributed by atoms with van der Waals surface area (Å²) in [5.41, 5.74) is 0.791. The second-order valence-corrected chi connectivity index (χ2v) is 4.96. The Kier molecular flexibility index (Phi) is 3.39. The van der Waals surface area contributed by atoms with Crippen molar-refractivity contribution >= 4 is 23.0 Å². The minimum Gasteiger partial charge on any atom is -0.478 e. The van der Waals surface area contributed by atoms with E-state index < -0.39 is 5.97 Å². The topological polar surface area (TPSA) is 62.2 Å². The number of carboxylic acid groups (broad SMARTS) is 1. The van der Waals surface area contributed by atoms with Crippen molar-refractivity contribution in [3.63, 3.8) is 0 Å². The molecule has 2 rings (SSSR count). The number of anilines is 1. The Morgan fingerprint density at radius 3 is 2.94 bits per heavy atom. The number of nitrogens with one attached hydrogen (secondary N) is 1. The van der Waals surface area contributed by atoms with Crippen molar-refractivity contribution < 1.29 is 9.90 Å². The number of hydrogen-bond donors (Lipinski definition) is 2. The van der Waals surface area contributed by atoms with Gasteiger partial charge in [-0.3, -0.25) is 4.98 Å². The minimum atomic E-state index is -0.969. The van der Waals surface area contributed by atoms with Crippen molar-refractivity contribution in [3.05, 3.63) is 45.9 Å². The molecule has 0 aromatic carbocycles. The Morgan fingerprint density at radius 1 is 1.47 bits per heavy atom. The molecule has 0 spiro atoms. The molecule has 0 saturated carbocycles. The van der Waals surface area contributed by atoms with Gasteiger partial charge in [0.15, 0.2) is 0 Å². The quantitative estimate of drug-likeness (QED) is 0.873. The summed E-state index contributed by atoms with van der Waals surface area (Å²) in [7, 11) is 0. The first kappa shape index (κ1) is 11.6. The van der Waals surface area contributed by atoms with Crippen LogP contribution in [0.3, 0.4) is 0 Å². The van der Waals surface area contributed by atoms with Crippen LogP contribution in [0, 0.1) is 6.92 Å². The maximum absolute atomic E-state index is 11.0. The van der Waals surface area contributed by atoms with E-state index in [1.807, 2.05) is 19.1 Å². The molecule has 0 unspecified atom stereocenters. The normalized spacial score (nSPS) is 10.2. The summed E-state index contributed by atoms with van der Waals surface area (Å²) in [6.07, 6.45) is 2.93. The van der Waals surface area contributed by atoms with Crippen LogP contribution < -0.4 is 5.32 Å². The lowest BCUT2D eigenvalue weighted by molar-refractivity contribution is 0.0697. The number of rotatable bonds is 4. The molecule has 2 aromatic rings. The summed E-state index contributed by atoms with van der Waals surface area (Å²) in [6, 6.07) is 5.75. The number of aromatic carboxylic acids is 1. The third kappa shape index (κ3) is 2.82. The lowest BCUT2D eigenvalue weighted by Gasteiger charge is -2.07. The summed E-state index contributed by atoms with van der Waals surface area (Å²) < 4.78 is 0. The van der Waals surface area contributed by atoms with Gasteiger partial charge in [0.2, 0.25) is 0 Å². The minimum absolute atomic E-state index is 0.195. The number of hydrogen-bond acceptors (Lipinski definition) is 4. The summed E-state index contributed by atoms with van der Waals surface area (Å²) in [5.74, 6) is -0.969. The highest BCUT2D eigenvalue weighted by atomic mass is 32.1. The number of carbonyl (C=O) groups is 1. The molecule has 2 N–H and O–H groups in total.